The normalized spacial score (nSPS) is 11.5. The number of nitrogens with zero attached hydrogens (tertiary/aromatic N) is 2. The lowest BCUT2D eigenvalue weighted by molar-refractivity contribution is -0.149. The summed E-state index contributed by atoms with van der Waals surface area (Å²) in [6, 6.07) is 7.76. The number of carbonyl (C=O) groups is 3. The maximum Gasteiger partial charge on any atom is 0.329 e. The number of carbonyl (C=O) groups excluding carboxylic acids is 3. The van der Waals surface area contributed by atoms with E-state index in [1.807, 2.05) is 6.26 Å². The maximum atomic E-state index is 12.3. The van der Waals surface area contributed by atoms with Crippen LogP contribution in [0.4, 0.5) is 5.13 Å². The highest BCUT2D eigenvalue weighted by Gasteiger charge is 2.23. The molecule has 2 rings (SSSR count). The van der Waals surface area contributed by atoms with Gasteiger partial charge in [0.15, 0.2) is 6.61 Å². The highest BCUT2D eigenvalue weighted by atomic mass is 32.2. The van der Waals surface area contributed by atoms with Crippen molar-refractivity contribution in [3.05, 3.63) is 40.9 Å². The van der Waals surface area contributed by atoms with Crippen molar-refractivity contribution in [1.29, 1.82) is 0 Å². The third-order valence-electron chi connectivity index (χ3n) is 3.35. The molecule has 0 aliphatic carbocycles. The summed E-state index contributed by atoms with van der Waals surface area (Å²) >= 11 is 2.77. The molecule has 0 bridgehead atoms. The fourth-order valence-corrected chi connectivity index (χ4v) is 3.13. The van der Waals surface area contributed by atoms with Crippen LogP contribution in [0.15, 0.2) is 30.3 Å². The van der Waals surface area contributed by atoms with E-state index >= 15 is 0 Å². The Labute approximate surface area is 165 Å². The Morgan fingerprint density at radius 1 is 1.22 bits per heavy atom. The highest BCUT2D eigenvalue weighted by Crippen LogP contribution is 2.13. The molecule has 0 fully saturated rings. The predicted octanol–water partition coefficient (Wildman–Crippen LogP) is 1.88. The third-order valence-corrected chi connectivity index (χ3v) is 4.75. The summed E-state index contributed by atoms with van der Waals surface area (Å²) < 4.78 is 5.06. The second-order valence-corrected chi connectivity index (χ2v) is 7.62. The van der Waals surface area contributed by atoms with Gasteiger partial charge >= 0.3 is 5.97 Å². The standard InChI is InChI=1S/C17H20N4O4S2/c1-11-20-21-17(27-11)19-14(22)10-25-16(24)13(8-9-26-2)18-15(23)12-6-4-3-5-7-12/h3-7,13H,8-10H2,1-2H3,(H,18,23)(H,19,21,22)/t13-/m0/s1. The Hall–Kier alpha value is -2.46. The largest absolute Gasteiger partial charge is 0.454 e. The molecule has 144 valence electrons. The number of aryl methyl sites for hydroxylation is 1. The van der Waals surface area contributed by atoms with Crippen molar-refractivity contribution in [2.45, 2.75) is 19.4 Å². The van der Waals surface area contributed by atoms with Crippen LogP contribution in [0.2, 0.25) is 0 Å². The Balaban J connectivity index is 1.89. The molecule has 10 heteroatoms. The van der Waals surface area contributed by atoms with Gasteiger partial charge < -0.3 is 10.1 Å². The van der Waals surface area contributed by atoms with Gasteiger partial charge in [0.2, 0.25) is 5.13 Å². The summed E-state index contributed by atoms with van der Waals surface area (Å²) in [4.78, 5) is 36.5. The van der Waals surface area contributed by atoms with E-state index in [-0.39, 0.29) is 5.91 Å². The molecule has 0 radical (unpaired) electrons. The smallest absolute Gasteiger partial charge is 0.329 e. The quantitative estimate of drug-likeness (QED) is 0.610. The monoisotopic (exact) mass is 408 g/mol. The number of hydrogen-bond donors (Lipinski definition) is 2. The van der Waals surface area contributed by atoms with E-state index < -0.39 is 24.5 Å². The van der Waals surface area contributed by atoms with E-state index in [4.69, 9.17) is 4.74 Å². The van der Waals surface area contributed by atoms with Gasteiger partial charge in [0, 0.05) is 5.56 Å². The van der Waals surface area contributed by atoms with Gasteiger partial charge in [-0.3, -0.25) is 14.9 Å². The summed E-state index contributed by atoms with van der Waals surface area (Å²) in [5.41, 5.74) is 0.448. The topological polar surface area (TPSA) is 110 Å². The molecular formula is C17H20N4O4S2. The van der Waals surface area contributed by atoms with Crippen molar-refractivity contribution in [1.82, 2.24) is 15.5 Å². The van der Waals surface area contributed by atoms with Crippen molar-refractivity contribution in [2.75, 3.05) is 23.9 Å². The molecule has 1 atom stereocenters. The minimum atomic E-state index is -0.832. The van der Waals surface area contributed by atoms with Crippen molar-refractivity contribution in [2.24, 2.45) is 0 Å². The van der Waals surface area contributed by atoms with Crippen LogP contribution < -0.4 is 10.6 Å². The van der Waals surface area contributed by atoms with Crippen LogP contribution in [0.1, 0.15) is 21.8 Å². The number of anilines is 1. The first-order valence-electron chi connectivity index (χ1n) is 8.11. The lowest BCUT2D eigenvalue weighted by Gasteiger charge is -2.17. The Morgan fingerprint density at radius 3 is 2.59 bits per heavy atom. The molecule has 1 heterocycles. The molecule has 2 amide bonds. The predicted molar refractivity (Wildman–Crippen MR) is 105 cm³/mol. The average molecular weight is 409 g/mol. The van der Waals surface area contributed by atoms with E-state index in [0.29, 0.717) is 27.9 Å². The molecule has 0 unspecified atom stereocenters. The van der Waals surface area contributed by atoms with E-state index in [1.165, 1.54) is 11.3 Å². The van der Waals surface area contributed by atoms with Gasteiger partial charge in [-0.2, -0.15) is 11.8 Å². The van der Waals surface area contributed by atoms with E-state index in [1.54, 1.807) is 49.0 Å². The zero-order chi connectivity index (χ0) is 19.6. The lowest BCUT2D eigenvalue weighted by Crippen LogP contribution is -2.43. The number of aromatic nitrogens is 2. The van der Waals surface area contributed by atoms with Gasteiger partial charge in [-0.1, -0.05) is 29.5 Å². The first-order valence-corrected chi connectivity index (χ1v) is 10.3. The maximum absolute atomic E-state index is 12.3. The number of nitrogens with one attached hydrogen (secondary N) is 2. The zero-order valence-corrected chi connectivity index (χ0v) is 16.6. The zero-order valence-electron chi connectivity index (χ0n) is 14.9. The number of thioether (sulfide) groups is 1. The van der Waals surface area contributed by atoms with Crippen LogP contribution in [0.3, 0.4) is 0 Å². The van der Waals surface area contributed by atoms with E-state index in [0.717, 1.165) is 0 Å². The molecule has 0 saturated heterocycles. The van der Waals surface area contributed by atoms with Crippen molar-refractivity contribution in [3.63, 3.8) is 0 Å². The molecule has 0 aliphatic heterocycles. The fourth-order valence-electron chi connectivity index (χ4n) is 2.06. The molecule has 1 aromatic heterocycles. The molecule has 0 spiro atoms. The number of rotatable bonds is 9. The molecule has 8 nitrogen and oxygen atoms in total. The van der Waals surface area contributed by atoms with Crippen LogP contribution in [0, 0.1) is 6.92 Å². The first-order chi connectivity index (χ1) is 13.0. The van der Waals surface area contributed by atoms with Crippen LogP contribution in [0.25, 0.3) is 0 Å². The van der Waals surface area contributed by atoms with Gasteiger partial charge in [0.25, 0.3) is 11.8 Å². The van der Waals surface area contributed by atoms with Crippen LogP contribution >= 0.6 is 23.1 Å². The van der Waals surface area contributed by atoms with E-state index in [9.17, 15) is 14.4 Å². The summed E-state index contributed by atoms with van der Waals surface area (Å²) in [5, 5.41) is 13.8. The van der Waals surface area contributed by atoms with Crippen LogP contribution in [-0.2, 0) is 14.3 Å². The number of ether oxygens (including phenoxy) is 1. The first kappa shape index (κ1) is 20.8. The number of benzene rings is 1. The molecular weight excluding hydrogens is 388 g/mol. The van der Waals surface area contributed by atoms with Crippen molar-refractivity contribution < 1.29 is 19.1 Å². The number of hydrogen-bond acceptors (Lipinski definition) is 8. The average Bonchev–Trinajstić information content (AvgIpc) is 3.08. The summed E-state index contributed by atoms with van der Waals surface area (Å²) in [7, 11) is 0. The Kier molecular flexibility index (Phi) is 8.21. The Morgan fingerprint density at radius 2 is 1.96 bits per heavy atom. The minimum absolute atomic E-state index is 0.338. The molecule has 0 aliphatic rings. The molecule has 27 heavy (non-hydrogen) atoms. The molecule has 2 N–H and O–H groups in total. The second-order valence-electron chi connectivity index (χ2n) is 5.46. The Bertz CT molecular complexity index is 782. The lowest BCUT2D eigenvalue weighted by atomic mass is 10.1. The van der Waals surface area contributed by atoms with E-state index in [2.05, 4.69) is 20.8 Å². The van der Waals surface area contributed by atoms with Crippen LogP contribution in [-0.4, -0.2) is 52.6 Å². The van der Waals surface area contributed by atoms with Crippen molar-refractivity contribution >= 4 is 46.0 Å². The van der Waals surface area contributed by atoms with Gasteiger partial charge in [-0.25, -0.2) is 4.79 Å². The molecule has 0 saturated carbocycles. The number of esters is 1. The molecule has 1 aromatic carbocycles. The number of amides is 2. The third kappa shape index (κ3) is 6.99. The van der Waals surface area contributed by atoms with Gasteiger partial charge in [0.1, 0.15) is 11.0 Å². The summed E-state index contributed by atoms with van der Waals surface area (Å²) in [6.07, 6.45) is 2.30. The van der Waals surface area contributed by atoms with Crippen LogP contribution in [0.5, 0.6) is 0 Å². The summed E-state index contributed by atoms with van der Waals surface area (Å²) in [5.74, 6) is -0.882. The SMILES string of the molecule is CSCC[C@H](NC(=O)c1ccccc1)C(=O)OCC(=O)Nc1nnc(C)s1. The molecule has 2 aromatic rings. The van der Waals surface area contributed by atoms with Crippen molar-refractivity contribution in [3.8, 4) is 0 Å². The second kappa shape index (κ2) is 10.6. The van der Waals surface area contributed by atoms with Gasteiger partial charge in [0.05, 0.1) is 0 Å². The van der Waals surface area contributed by atoms with Gasteiger partial charge in [-0.15, -0.1) is 10.2 Å². The summed E-state index contributed by atoms with van der Waals surface area (Å²) in [6.45, 7) is 1.30. The highest BCUT2D eigenvalue weighted by molar-refractivity contribution is 7.98. The minimum Gasteiger partial charge on any atom is -0.454 e. The van der Waals surface area contributed by atoms with Gasteiger partial charge in [-0.05, 0) is 37.5 Å². The fraction of sp³-hybridized carbons (Fsp3) is 0.353.